The first kappa shape index (κ1) is 16.4. The van der Waals surface area contributed by atoms with E-state index in [9.17, 15) is 8.78 Å². The van der Waals surface area contributed by atoms with E-state index in [4.69, 9.17) is 4.42 Å². The fourth-order valence-corrected chi connectivity index (χ4v) is 2.57. The summed E-state index contributed by atoms with van der Waals surface area (Å²) in [6.07, 6.45) is 1.62. The Kier molecular flexibility index (Phi) is 5.44. The van der Waals surface area contributed by atoms with Crippen LogP contribution in [0.2, 0.25) is 0 Å². The van der Waals surface area contributed by atoms with E-state index in [2.05, 4.69) is 4.72 Å². The molecule has 1 N–H and O–H groups in total. The smallest absolute Gasteiger partial charge is 0.152 e. The molecule has 0 amide bonds. The van der Waals surface area contributed by atoms with Crippen LogP contribution in [0.15, 0.2) is 52.0 Å². The summed E-state index contributed by atoms with van der Waals surface area (Å²) in [5, 5.41) is 0.979. The topological polar surface area (TPSA) is 25.2 Å². The quantitative estimate of drug-likeness (QED) is 0.584. The van der Waals surface area contributed by atoms with Gasteiger partial charge in [0.2, 0.25) is 0 Å². The van der Waals surface area contributed by atoms with Crippen LogP contribution in [0.25, 0.3) is 11.0 Å². The maximum atomic E-state index is 13.8. The molecule has 2 aromatic carbocycles. The minimum absolute atomic E-state index is 0.0147. The zero-order valence-corrected chi connectivity index (χ0v) is 13.4. The first-order valence-electron chi connectivity index (χ1n) is 7.00. The van der Waals surface area contributed by atoms with Crippen molar-refractivity contribution in [1.82, 2.24) is 0 Å². The maximum absolute atomic E-state index is 13.8. The van der Waals surface area contributed by atoms with E-state index in [-0.39, 0.29) is 11.3 Å². The Morgan fingerprint density at radius 2 is 1.82 bits per heavy atom. The van der Waals surface area contributed by atoms with Gasteiger partial charge >= 0.3 is 0 Å². The van der Waals surface area contributed by atoms with Crippen molar-refractivity contribution in [2.45, 2.75) is 25.7 Å². The van der Waals surface area contributed by atoms with Gasteiger partial charge in [-0.15, -0.1) is 0 Å². The van der Waals surface area contributed by atoms with E-state index in [1.54, 1.807) is 6.26 Å². The monoisotopic (exact) mass is 321 g/mol. The molecule has 3 aromatic rings. The Balaban J connectivity index is 0.000000847. The van der Waals surface area contributed by atoms with Crippen LogP contribution in [0.3, 0.4) is 0 Å². The van der Waals surface area contributed by atoms with Gasteiger partial charge in [-0.25, -0.2) is 8.78 Å². The van der Waals surface area contributed by atoms with Crippen LogP contribution in [-0.2, 0) is 0 Å². The van der Waals surface area contributed by atoms with Gasteiger partial charge in [0, 0.05) is 15.8 Å². The van der Waals surface area contributed by atoms with Gasteiger partial charge in [0.1, 0.15) is 11.4 Å². The number of furan rings is 1. The molecule has 0 saturated heterocycles. The summed E-state index contributed by atoms with van der Waals surface area (Å²) < 4.78 is 35.2. The first-order chi connectivity index (χ1) is 10.6. The number of anilines is 1. The van der Waals surface area contributed by atoms with E-state index in [0.717, 1.165) is 15.9 Å². The molecule has 0 fully saturated rings. The van der Waals surface area contributed by atoms with Gasteiger partial charge in [-0.1, -0.05) is 13.8 Å². The van der Waals surface area contributed by atoms with Crippen LogP contribution in [0, 0.1) is 18.6 Å². The Bertz CT molecular complexity index is 770. The highest BCUT2D eigenvalue weighted by molar-refractivity contribution is 8.00. The summed E-state index contributed by atoms with van der Waals surface area (Å²) in [5.41, 5.74) is 1.08. The molecule has 0 saturated carbocycles. The maximum Gasteiger partial charge on any atom is 0.152 e. The van der Waals surface area contributed by atoms with Gasteiger partial charge in [0.25, 0.3) is 0 Å². The molecule has 0 aliphatic heterocycles. The lowest BCUT2D eigenvalue weighted by Crippen LogP contribution is -1.95. The fourth-order valence-electron chi connectivity index (χ4n) is 1.86. The van der Waals surface area contributed by atoms with Crippen molar-refractivity contribution >= 4 is 28.6 Å². The molecule has 22 heavy (non-hydrogen) atoms. The van der Waals surface area contributed by atoms with Gasteiger partial charge in [-0.3, -0.25) is 0 Å². The van der Waals surface area contributed by atoms with Gasteiger partial charge < -0.3 is 9.14 Å². The lowest BCUT2D eigenvalue weighted by atomic mass is 10.2. The second-order valence-electron chi connectivity index (χ2n) is 4.36. The Labute approximate surface area is 132 Å². The zero-order valence-electron chi connectivity index (χ0n) is 12.6. The molecule has 0 spiro atoms. The van der Waals surface area contributed by atoms with Crippen molar-refractivity contribution < 1.29 is 13.2 Å². The SMILES string of the molecule is CC.Cc1c(F)ccc(NSc2ccc3occc3c2)c1F. The van der Waals surface area contributed by atoms with E-state index in [1.807, 2.05) is 38.1 Å². The minimum Gasteiger partial charge on any atom is -0.464 e. The number of hydrogen-bond acceptors (Lipinski definition) is 3. The minimum atomic E-state index is -0.568. The molecule has 2 nitrogen and oxygen atoms in total. The summed E-state index contributed by atoms with van der Waals surface area (Å²) in [4.78, 5) is 0.917. The summed E-state index contributed by atoms with van der Waals surface area (Å²) in [6, 6.07) is 10.2. The van der Waals surface area contributed by atoms with Crippen molar-refractivity contribution in [1.29, 1.82) is 0 Å². The van der Waals surface area contributed by atoms with Crippen LogP contribution in [0.4, 0.5) is 14.5 Å². The van der Waals surface area contributed by atoms with Gasteiger partial charge in [0.05, 0.1) is 12.0 Å². The first-order valence-corrected chi connectivity index (χ1v) is 7.81. The summed E-state index contributed by atoms with van der Waals surface area (Å²) in [6.45, 7) is 5.41. The Hall–Kier alpha value is -2.01. The van der Waals surface area contributed by atoms with Crippen LogP contribution in [0.1, 0.15) is 19.4 Å². The number of nitrogens with one attached hydrogen (secondary N) is 1. The van der Waals surface area contributed by atoms with Gasteiger partial charge in [-0.2, -0.15) is 0 Å². The average molecular weight is 321 g/mol. The van der Waals surface area contributed by atoms with Crippen molar-refractivity contribution in [3.63, 3.8) is 0 Å². The third kappa shape index (κ3) is 3.42. The molecule has 1 heterocycles. The van der Waals surface area contributed by atoms with Gasteiger partial charge in [0.15, 0.2) is 5.82 Å². The highest BCUT2D eigenvalue weighted by Gasteiger charge is 2.10. The van der Waals surface area contributed by atoms with Crippen molar-refractivity contribution in [3.8, 4) is 0 Å². The van der Waals surface area contributed by atoms with Crippen molar-refractivity contribution in [2.24, 2.45) is 0 Å². The number of fused-ring (bicyclic) bond motifs is 1. The molecule has 1 aromatic heterocycles. The molecule has 116 valence electrons. The lowest BCUT2D eigenvalue weighted by Gasteiger charge is -2.08. The normalized spacial score (nSPS) is 10.2. The molecule has 0 atom stereocenters. The second kappa shape index (κ2) is 7.31. The zero-order chi connectivity index (χ0) is 16.1. The summed E-state index contributed by atoms with van der Waals surface area (Å²) in [5.74, 6) is -1.11. The van der Waals surface area contributed by atoms with E-state index >= 15 is 0 Å². The number of halogens is 2. The molecule has 0 aliphatic carbocycles. The number of hydrogen-bond donors (Lipinski definition) is 1. The summed E-state index contributed by atoms with van der Waals surface area (Å²) >= 11 is 1.27. The second-order valence-corrected chi connectivity index (χ2v) is 5.24. The predicted octanol–water partition coefficient (Wildman–Crippen LogP) is 6.16. The highest BCUT2D eigenvalue weighted by atomic mass is 32.2. The number of benzene rings is 2. The molecular weight excluding hydrogens is 304 g/mol. The molecular formula is C17H17F2NOS. The predicted molar refractivity (Wildman–Crippen MR) is 88.1 cm³/mol. The van der Waals surface area contributed by atoms with Crippen molar-refractivity contribution in [2.75, 3.05) is 4.72 Å². The molecule has 0 unspecified atom stereocenters. The summed E-state index contributed by atoms with van der Waals surface area (Å²) in [7, 11) is 0. The van der Waals surface area contributed by atoms with Crippen LogP contribution < -0.4 is 4.72 Å². The molecule has 0 radical (unpaired) electrons. The molecule has 3 rings (SSSR count). The van der Waals surface area contributed by atoms with E-state index in [0.29, 0.717) is 0 Å². The third-order valence-corrected chi connectivity index (χ3v) is 3.83. The molecule has 0 bridgehead atoms. The Morgan fingerprint density at radius 3 is 2.59 bits per heavy atom. The van der Waals surface area contributed by atoms with E-state index in [1.165, 1.54) is 31.0 Å². The highest BCUT2D eigenvalue weighted by Crippen LogP contribution is 2.28. The third-order valence-electron chi connectivity index (χ3n) is 3.02. The molecule has 0 aliphatic rings. The number of rotatable bonds is 3. The van der Waals surface area contributed by atoms with Crippen LogP contribution in [0.5, 0.6) is 0 Å². The lowest BCUT2D eigenvalue weighted by molar-refractivity contribution is 0.571. The molecule has 5 heteroatoms. The van der Waals surface area contributed by atoms with Crippen molar-refractivity contribution in [3.05, 3.63) is 59.9 Å². The standard InChI is InChI=1S/C15H11F2NOS.C2H6/c1-9-12(16)3-4-13(15(9)17)18-20-11-2-5-14-10(8-11)6-7-19-14;1-2/h2-8,18H,1H3;1-2H3. The Morgan fingerprint density at radius 1 is 1.05 bits per heavy atom. The largest absolute Gasteiger partial charge is 0.464 e. The van der Waals surface area contributed by atoms with E-state index < -0.39 is 11.6 Å². The fraction of sp³-hybridized carbons (Fsp3) is 0.176. The van der Waals surface area contributed by atoms with Crippen LogP contribution >= 0.6 is 11.9 Å². The average Bonchev–Trinajstić information content (AvgIpc) is 3.01. The van der Waals surface area contributed by atoms with Crippen LogP contribution in [-0.4, -0.2) is 0 Å². The van der Waals surface area contributed by atoms with Gasteiger partial charge in [-0.05, 0) is 55.3 Å².